The van der Waals surface area contributed by atoms with Crippen LogP contribution in [0, 0.1) is 0 Å². The third kappa shape index (κ3) is 3.33. The van der Waals surface area contributed by atoms with Crippen molar-refractivity contribution in [2.24, 2.45) is 0 Å². The van der Waals surface area contributed by atoms with Gasteiger partial charge in [0.05, 0.1) is 6.04 Å². The van der Waals surface area contributed by atoms with Gasteiger partial charge in [0, 0.05) is 25.2 Å². The highest BCUT2D eigenvalue weighted by Crippen LogP contribution is 2.35. The average Bonchev–Trinajstić information content (AvgIpc) is 2.89. The summed E-state index contributed by atoms with van der Waals surface area (Å²) < 4.78 is 31.8. The van der Waals surface area contributed by atoms with Crippen LogP contribution in [0.5, 0.6) is 0 Å². The molecule has 0 spiro atoms. The molecule has 2 fully saturated rings. The molecule has 9 nitrogen and oxygen atoms in total. The minimum atomic E-state index is -4.60. The number of fused-ring (bicyclic) bond motifs is 1. The van der Waals surface area contributed by atoms with Crippen LogP contribution in [0.3, 0.4) is 0 Å². The van der Waals surface area contributed by atoms with Crippen molar-refractivity contribution >= 4 is 39.8 Å². The van der Waals surface area contributed by atoms with Crippen LogP contribution in [0.4, 0.5) is 5.69 Å². The van der Waals surface area contributed by atoms with E-state index in [1.807, 2.05) is 0 Å². The van der Waals surface area contributed by atoms with E-state index in [9.17, 15) is 22.8 Å². The second-order valence-electron chi connectivity index (χ2n) is 6.08. The van der Waals surface area contributed by atoms with Gasteiger partial charge in [0.25, 0.3) is 5.91 Å². The number of carbonyl (C=O) groups excluding carboxylic acids is 3. The Bertz CT molecular complexity index is 910. The molecule has 0 aromatic heterocycles. The molecule has 0 radical (unpaired) electrons. The number of anilines is 1. The number of likely N-dealkylation sites (tertiary alicyclic amines) is 1. The van der Waals surface area contributed by atoms with Crippen molar-refractivity contribution in [2.75, 3.05) is 11.9 Å². The summed E-state index contributed by atoms with van der Waals surface area (Å²) in [5.41, 5.74) is 1.27. The Morgan fingerprint density at radius 1 is 1.35 bits per heavy atom. The number of benzene rings is 1. The number of hydrogen-bond acceptors (Lipinski definition) is 5. The third-order valence-corrected chi connectivity index (χ3v) is 5.24. The Morgan fingerprint density at radius 2 is 2.08 bits per heavy atom. The van der Waals surface area contributed by atoms with Crippen LogP contribution in [0.2, 0.25) is 0 Å². The Hall–Kier alpha value is -2.72. The number of nitrogens with one attached hydrogen (secondary N) is 1. The van der Waals surface area contributed by atoms with Gasteiger partial charge in [0.15, 0.2) is 0 Å². The van der Waals surface area contributed by atoms with Gasteiger partial charge in [-0.2, -0.15) is 8.42 Å². The third-order valence-electron chi connectivity index (χ3n) is 4.29. The topological polar surface area (TPSA) is 124 Å². The summed E-state index contributed by atoms with van der Waals surface area (Å²) in [5, 5.41) is 2.64. The largest absolute Gasteiger partial charge is 0.362 e. The number of β-lactam (4-membered cyclic amide) rings is 1. The van der Waals surface area contributed by atoms with Crippen LogP contribution in [0.25, 0.3) is 6.08 Å². The van der Waals surface area contributed by atoms with Gasteiger partial charge in [-0.3, -0.25) is 18.9 Å². The maximum Gasteiger partial charge on any atom is 0.362 e. The van der Waals surface area contributed by atoms with E-state index in [1.54, 1.807) is 30.3 Å². The second-order valence-corrected chi connectivity index (χ2v) is 7.37. The molecule has 2 atom stereocenters. The Kier molecular flexibility index (Phi) is 4.55. The van der Waals surface area contributed by atoms with E-state index in [4.69, 9.17) is 4.55 Å². The van der Waals surface area contributed by atoms with Crippen LogP contribution in [-0.2, 0) is 24.7 Å². The van der Waals surface area contributed by atoms with E-state index >= 15 is 0 Å². The fourth-order valence-electron chi connectivity index (χ4n) is 3.25. The van der Waals surface area contributed by atoms with E-state index in [2.05, 4.69) is 5.32 Å². The smallest absolute Gasteiger partial charge is 0.326 e. The molecule has 0 bridgehead atoms. The number of carbonyl (C=O) groups is 3. The molecule has 1 aromatic rings. The minimum Gasteiger partial charge on any atom is -0.326 e. The summed E-state index contributed by atoms with van der Waals surface area (Å²) in [6.07, 6.45) is 3.12. The van der Waals surface area contributed by atoms with Gasteiger partial charge in [-0.15, -0.1) is 0 Å². The molecule has 138 valence electrons. The molecule has 2 heterocycles. The first-order valence-corrected chi connectivity index (χ1v) is 9.25. The zero-order valence-electron chi connectivity index (χ0n) is 13.8. The summed E-state index contributed by atoms with van der Waals surface area (Å²) in [7, 11) is -4.60. The van der Waals surface area contributed by atoms with Crippen molar-refractivity contribution in [1.82, 2.24) is 9.21 Å². The lowest BCUT2D eigenvalue weighted by Crippen LogP contribution is -2.68. The average molecular weight is 379 g/mol. The molecule has 1 aromatic carbocycles. The van der Waals surface area contributed by atoms with Gasteiger partial charge < -0.3 is 10.2 Å². The van der Waals surface area contributed by atoms with E-state index in [-0.39, 0.29) is 18.9 Å². The maximum absolute atomic E-state index is 12.4. The highest BCUT2D eigenvalue weighted by atomic mass is 32.2. The minimum absolute atomic E-state index is 0.211. The number of hydrogen-bond donors (Lipinski definition) is 2. The van der Waals surface area contributed by atoms with E-state index in [0.29, 0.717) is 15.6 Å². The molecule has 26 heavy (non-hydrogen) atoms. The van der Waals surface area contributed by atoms with Gasteiger partial charge in [0.2, 0.25) is 11.8 Å². The lowest BCUT2D eigenvalue weighted by molar-refractivity contribution is -0.149. The summed E-state index contributed by atoms with van der Waals surface area (Å²) in [6.45, 7) is 1.61. The predicted molar refractivity (Wildman–Crippen MR) is 92.1 cm³/mol. The fraction of sp³-hybridized carbons (Fsp3) is 0.312. The normalized spacial score (nSPS) is 22.3. The lowest BCUT2D eigenvalue weighted by Gasteiger charge is -2.42. The van der Waals surface area contributed by atoms with Crippen LogP contribution < -0.4 is 5.32 Å². The van der Waals surface area contributed by atoms with Crippen LogP contribution in [0.1, 0.15) is 18.9 Å². The molecule has 2 aliphatic heterocycles. The monoisotopic (exact) mass is 379 g/mol. The number of nitrogens with zero attached hydrogens (tertiary/aromatic N) is 2. The Balaban J connectivity index is 1.69. The van der Waals surface area contributed by atoms with E-state index in [0.717, 1.165) is 0 Å². The summed E-state index contributed by atoms with van der Waals surface area (Å²) in [4.78, 5) is 36.7. The van der Waals surface area contributed by atoms with Gasteiger partial charge in [-0.1, -0.05) is 12.1 Å². The maximum atomic E-state index is 12.4. The Labute approximate surface area is 150 Å². The molecule has 2 aliphatic rings. The molecule has 3 amide bonds. The zero-order chi connectivity index (χ0) is 19.1. The first-order chi connectivity index (χ1) is 12.2. The van der Waals surface area contributed by atoms with Crippen LogP contribution >= 0.6 is 0 Å². The predicted octanol–water partition coefficient (Wildman–Crippen LogP) is 0.273. The SMILES string of the molecule is CC(=O)Nc1cccc(/C=C\C(=O)N2CC[C@@H]3[C@H]2C(=O)N3S(=O)(=O)O)c1. The summed E-state index contributed by atoms with van der Waals surface area (Å²) >= 11 is 0. The zero-order valence-corrected chi connectivity index (χ0v) is 14.6. The van der Waals surface area contributed by atoms with E-state index < -0.39 is 34.2 Å². The molecule has 0 aliphatic carbocycles. The van der Waals surface area contributed by atoms with Crippen molar-refractivity contribution in [3.63, 3.8) is 0 Å². The lowest BCUT2D eigenvalue weighted by atomic mass is 10.0. The molecule has 2 saturated heterocycles. The Morgan fingerprint density at radius 3 is 2.73 bits per heavy atom. The van der Waals surface area contributed by atoms with Crippen LogP contribution in [-0.4, -0.2) is 58.5 Å². The highest BCUT2D eigenvalue weighted by molar-refractivity contribution is 7.84. The first kappa shape index (κ1) is 18.1. The molecule has 0 saturated carbocycles. The number of amides is 3. The quantitative estimate of drug-likeness (QED) is 0.440. The summed E-state index contributed by atoms with van der Waals surface area (Å²) in [6, 6.07) is 5.30. The highest BCUT2D eigenvalue weighted by Gasteiger charge is 2.59. The summed E-state index contributed by atoms with van der Waals surface area (Å²) in [5.74, 6) is -1.44. The van der Waals surface area contributed by atoms with Gasteiger partial charge in [0.1, 0.15) is 6.04 Å². The van der Waals surface area contributed by atoms with Crippen molar-refractivity contribution in [2.45, 2.75) is 25.4 Å². The van der Waals surface area contributed by atoms with Crippen molar-refractivity contribution < 1.29 is 27.4 Å². The molecule has 3 rings (SSSR count). The van der Waals surface area contributed by atoms with Crippen molar-refractivity contribution in [3.8, 4) is 0 Å². The molecule has 0 unspecified atom stereocenters. The van der Waals surface area contributed by atoms with E-state index in [1.165, 1.54) is 17.9 Å². The van der Waals surface area contributed by atoms with Gasteiger partial charge >= 0.3 is 10.3 Å². The second kappa shape index (κ2) is 6.54. The molecule has 2 N–H and O–H groups in total. The standard InChI is InChI=1S/C16H17N3O6S/c1-10(20)17-12-4-2-3-11(9-12)5-6-14(21)18-8-7-13-15(18)16(22)19(13)26(23,24)25/h2-6,9,13,15H,7-8H2,1H3,(H,17,20)(H,23,24,25)/b6-5-/t13-,15+/m1/s1. The molecular weight excluding hydrogens is 362 g/mol. The number of rotatable bonds is 4. The van der Waals surface area contributed by atoms with Crippen molar-refractivity contribution in [1.29, 1.82) is 0 Å². The van der Waals surface area contributed by atoms with Crippen molar-refractivity contribution in [3.05, 3.63) is 35.9 Å². The molecular formula is C16H17N3O6S. The fourth-order valence-corrected chi connectivity index (χ4v) is 4.15. The molecule has 10 heteroatoms. The van der Waals surface area contributed by atoms with Gasteiger partial charge in [-0.25, -0.2) is 4.31 Å². The first-order valence-electron chi connectivity index (χ1n) is 7.85. The van der Waals surface area contributed by atoms with Crippen LogP contribution in [0.15, 0.2) is 30.3 Å². The van der Waals surface area contributed by atoms with Gasteiger partial charge in [-0.05, 0) is 30.2 Å².